The van der Waals surface area contributed by atoms with Crippen LogP contribution in [0.4, 0.5) is 0 Å². The fraction of sp³-hybridized carbons (Fsp3) is 0.667. The van der Waals surface area contributed by atoms with E-state index in [0.717, 1.165) is 37.5 Å². The molecule has 0 radical (unpaired) electrons. The molecule has 1 aliphatic carbocycles. The SMILES string of the molecule is CN1CCN(C2CCCc3sc(C(N)C(=O)O)cc32)CC1. The van der Waals surface area contributed by atoms with Crippen molar-refractivity contribution in [3.8, 4) is 0 Å². The molecule has 2 atom stereocenters. The average molecular weight is 309 g/mol. The summed E-state index contributed by atoms with van der Waals surface area (Å²) in [7, 11) is 2.16. The molecule has 0 aromatic carbocycles. The quantitative estimate of drug-likeness (QED) is 0.884. The summed E-state index contributed by atoms with van der Waals surface area (Å²) < 4.78 is 0. The van der Waals surface area contributed by atoms with Crippen molar-refractivity contribution in [3.05, 3.63) is 21.4 Å². The Bertz CT molecular complexity index is 523. The highest BCUT2D eigenvalue weighted by Gasteiger charge is 2.31. The van der Waals surface area contributed by atoms with Gasteiger partial charge in [-0.05, 0) is 37.9 Å². The van der Waals surface area contributed by atoms with Gasteiger partial charge in [-0.3, -0.25) is 9.69 Å². The van der Waals surface area contributed by atoms with Crippen LogP contribution in [0.3, 0.4) is 0 Å². The summed E-state index contributed by atoms with van der Waals surface area (Å²) in [5.74, 6) is -0.940. The largest absolute Gasteiger partial charge is 0.480 e. The van der Waals surface area contributed by atoms with E-state index < -0.39 is 12.0 Å². The standard InChI is InChI=1S/C15H23N3O2S/c1-17-5-7-18(8-6-17)11-3-2-4-12-10(11)9-13(21-12)14(16)15(19)20/h9,11,14H,2-8,16H2,1H3,(H,19,20). The lowest BCUT2D eigenvalue weighted by Gasteiger charge is -2.39. The smallest absolute Gasteiger partial charge is 0.325 e. The minimum absolute atomic E-state index is 0.452. The summed E-state index contributed by atoms with van der Waals surface area (Å²) in [6.07, 6.45) is 3.43. The minimum atomic E-state index is -0.940. The second-order valence-corrected chi connectivity index (χ2v) is 7.26. The molecule has 6 heteroatoms. The molecule has 1 aromatic rings. The molecule has 21 heavy (non-hydrogen) atoms. The highest BCUT2D eigenvalue weighted by molar-refractivity contribution is 7.12. The highest BCUT2D eigenvalue weighted by atomic mass is 32.1. The Balaban J connectivity index is 1.82. The number of hydrogen-bond acceptors (Lipinski definition) is 5. The Morgan fingerprint density at radius 3 is 2.81 bits per heavy atom. The summed E-state index contributed by atoms with van der Waals surface area (Å²) in [6.45, 7) is 4.41. The van der Waals surface area contributed by atoms with E-state index in [0.29, 0.717) is 6.04 Å². The van der Waals surface area contributed by atoms with Gasteiger partial charge in [-0.1, -0.05) is 0 Å². The number of carbonyl (C=O) groups is 1. The van der Waals surface area contributed by atoms with Crippen LogP contribution in [0.1, 0.15) is 40.2 Å². The second kappa shape index (κ2) is 6.04. The maximum atomic E-state index is 11.1. The molecule has 1 saturated heterocycles. The number of likely N-dealkylation sites (N-methyl/N-ethyl adjacent to an activating group) is 1. The number of carboxylic acid groups (broad SMARTS) is 1. The lowest BCUT2D eigenvalue weighted by atomic mass is 9.91. The van der Waals surface area contributed by atoms with Crippen molar-refractivity contribution in [2.24, 2.45) is 5.73 Å². The van der Waals surface area contributed by atoms with E-state index in [9.17, 15) is 4.79 Å². The first-order valence-electron chi connectivity index (χ1n) is 7.59. The number of carboxylic acids is 1. The third-order valence-corrected chi connectivity index (χ3v) is 5.95. The number of hydrogen-bond donors (Lipinski definition) is 2. The zero-order chi connectivity index (χ0) is 15.0. The number of thiophene rings is 1. The number of aliphatic carboxylic acids is 1. The van der Waals surface area contributed by atoms with Gasteiger partial charge in [0.15, 0.2) is 0 Å². The first-order chi connectivity index (χ1) is 10.1. The van der Waals surface area contributed by atoms with Crippen LogP contribution in [-0.2, 0) is 11.2 Å². The van der Waals surface area contributed by atoms with Gasteiger partial charge in [0, 0.05) is 42.0 Å². The molecular formula is C15H23N3O2S. The van der Waals surface area contributed by atoms with Gasteiger partial charge in [-0.15, -0.1) is 11.3 Å². The van der Waals surface area contributed by atoms with E-state index in [1.807, 2.05) is 0 Å². The summed E-state index contributed by atoms with van der Waals surface area (Å²) >= 11 is 1.60. The lowest BCUT2D eigenvalue weighted by Crippen LogP contribution is -2.46. The van der Waals surface area contributed by atoms with Gasteiger partial charge >= 0.3 is 5.97 Å². The molecule has 1 aliphatic heterocycles. The molecule has 0 spiro atoms. The zero-order valence-corrected chi connectivity index (χ0v) is 13.2. The van der Waals surface area contributed by atoms with E-state index in [-0.39, 0.29) is 0 Å². The van der Waals surface area contributed by atoms with Crippen molar-refractivity contribution in [1.82, 2.24) is 9.80 Å². The molecule has 116 valence electrons. The first kappa shape index (κ1) is 15.0. The van der Waals surface area contributed by atoms with Crippen molar-refractivity contribution in [1.29, 1.82) is 0 Å². The third-order valence-electron chi connectivity index (χ3n) is 4.65. The van der Waals surface area contributed by atoms with Gasteiger partial charge in [0.1, 0.15) is 6.04 Å². The Morgan fingerprint density at radius 2 is 2.14 bits per heavy atom. The van der Waals surface area contributed by atoms with E-state index in [1.54, 1.807) is 11.3 Å². The van der Waals surface area contributed by atoms with Gasteiger partial charge in [-0.2, -0.15) is 0 Å². The van der Waals surface area contributed by atoms with Gasteiger partial charge in [-0.25, -0.2) is 0 Å². The predicted octanol–water partition coefficient (Wildman–Crippen LogP) is 1.46. The summed E-state index contributed by atoms with van der Waals surface area (Å²) in [5, 5.41) is 9.11. The van der Waals surface area contributed by atoms with Crippen molar-refractivity contribution >= 4 is 17.3 Å². The van der Waals surface area contributed by atoms with E-state index in [1.165, 1.54) is 23.3 Å². The lowest BCUT2D eigenvalue weighted by molar-refractivity contribution is -0.138. The van der Waals surface area contributed by atoms with Crippen molar-refractivity contribution in [2.45, 2.75) is 31.3 Å². The minimum Gasteiger partial charge on any atom is -0.480 e. The van der Waals surface area contributed by atoms with Crippen molar-refractivity contribution in [3.63, 3.8) is 0 Å². The summed E-state index contributed by atoms with van der Waals surface area (Å²) in [6, 6.07) is 1.63. The fourth-order valence-corrected chi connectivity index (χ4v) is 4.60. The Hall–Kier alpha value is -0.950. The molecule has 0 amide bonds. The van der Waals surface area contributed by atoms with Crippen LogP contribution in [0.25, 0.3) is 0 Å². The van der Waals surface area contributed by atoms with Gasteiger partial charge in [0.05, 0.1) is 0 Å². The Morgan fingerprint density at radius 1 is 1.43 bits per heavy atom. The molecule has 2 unspecified atom stereocenters. The third kappa shape index (κ3) is 2.99. The van der Waals surface area contributed by atoms with Crippen LogP contribution in [0.15, 0.2) is 6.07 Å². The van der Waals surface area contributed by atoms with Gasteiger partial charge in [0.2, 0.25) is 0 Å². The number of piperazine rings is 1. The maximum Gasteiger partial charge on any atom is 0.325 e. The predicted molar refractivity (Wildman–Crippen MR) is 83.6 cm³/mol. The van der Waals surface area contributed by atoms with Crippen LogP contribution in [-0.4, -0.2) is 54.1 Å². The van der Waals surface area contributed by atoms with Gasteiger partial charge < -0.3 is 15.7 Å². The topological polar surface area (TPSA) is 69.8 Å². The molecular weight excluding hydrogens is 286 g/mol. The Labute approximate surface area is 129 Å². The molecule has 3 N–H and O–H groups in total. The molecule has 2 aliphatic rings. The molecule has 5 nitrogen and oxygen atoms in total. The average Bonchev–Trinajstić information content (AvgIpc) is 2.91. The Kier molecular flexibility index (Phi) is 4.31. The molecule has 2 heterocycles. The number of fused-ring (bicyclic) bond motifs is 1. The number of nitrogens with two attached hydrogens (primary N) is 1. The molecule has 1 fully saturated rings. The fourth-order valence-electron chi connectivity index (χ4n) is 3.34. The van der Waals surface area contributed by atoms with E-state index in [2.05, 4.69) is 22.9 Å². The zero-order valence-electron chi connectivity index (χ0n) is 12.4. The molecule has 3 rings (SSSR count). The number of rotatable bonds is 3. The van der Waals surface area contributed by atoms with Crippen LogP contribution < -0.4 is 5.73 Å². The molecule has 0 bridgehead atoms. The maximum absolute atomic E-state index is 11.1. The van der Waals surface area contributed by atoms with E-state index in [4.69, 9.17) is 10.8 Å². The van der Waals surface area contributed by atoms with Crippen molar-refractivity contribution in [2.75, 3.05) is 33.2 Å². The normalized spacial score (nSPS) is 25.5. The van der Waals surface area contributed by atoms with Crippen molar-refractivity contribution < 1.29 is 9.90 Å². The van der Waals surface area contributed by atoms with Crippen LogP contribution in [0, 0.1) is 0 Å². The molecule has 0 saturated carbocycles. The second-order valence-electron chi connectivity index (χ2n) is 6.09. The van der Waals surface area contributed by atoms with Gasteiger partial charge in [0.25, 0.3) is 0 Å². The highest BCUT2D eigenvalue weighted by Crippen LogP contribution is 2.40. The number of aryl methyl sites for hydroxylation is 1. The number of nitrogens with zero attached hydrogens (tertiary/aromatic N) is 2. The summed E-state index contributed by atoms with van der Waals surface area (Å²) in [4.78, 5) is 18.2. The molecule has 1 aromatic heterocycles. The first-order valence-corrected chi connectivity index (χ1v) is 8.41. The van der Waals surface area contributed by atoms with Crippen LogP contribution in [0.2, 0.25) is 0 Å². The van der Waals surface area contributed by atoms with Crippen LogP contribution >= 0.6 is 11.3 Å². The van der Waals surface area contributed by atoms with Crippen LogP contribution in [0.5, 0.6) is 0 Å². The monoisotopic (exact) mass is 309 g/mol. The summed E-state index contributed by atoms with van der Waals surface area (Å²) in [5.41, 5.74) is 7.12. The van der Waals surface area contributed by atoms with E-state index >= 15 is 0 Å².